The van der Waals surface area contributed by atoms with Gasteiger partial charge in [0.1, 0.15) is 5.76 Å². The van der Waals surface area contributed by atoms with Crippen LogP contribution in [-0.2, 0) is 16.0 Å². The number of fused-ring (bicyclic) bond motifs is 2. The molecule has 40 heavy (non-hydrogen) atoms. The Bertz CT molecular complexity index is 1680. The van der Waals surface area contributed by atoms with Gasteiger partial charge in [-0.25, -0.2) is 0 Å². The zero-order valence-corrected chi connectivity index (χ0v) is 22.0. The third-order valence-corrected chi connectivity index (χ3v) is 7.58. The molecular weight excluding hydrogens is 508 g/mol. The predicted octanol–water partition coefficient (Wildman–Crippen LogP) is 4.81. The number of aryl methyl sites for hydroxylation is 2. The Labute approximate surface area is 230 Å². The van der Waals surface area contributed by atoms with Crippen molar-refractivity contribution in [2.45, 2.75) is 38.8 Å². The summed E-state index contributed by atoms with van der Waals surface area (Å²) < 4.78 is 5.13. The quantitative estimate of drug-likeness (QED) is 0.225. The summed E-state index contributed by atoms with van der Waals surface area (Å²) in [6, 6.07) is 16.4. The number of H-pyrrole nitrogens is 1. The van der Waals surface area contributed by atoms with Crippen LogP contribution in [0.15, 0.2) is 65.3 Å². The molecule has 5 N–H and O–H groups in total. The number of amides is 3. The van der Waals surface area contributed by atoms with Crippen molar-refractivity contribution < 1.29 is 23.9 Å². The zero-order chi connectivity index (χ0) is 28.0. The van der Waals surface area contributed by atoms with Crippen molar-refractivity contribution in [1.82, 2.24) is 10.3 Å². The molecule has 4 aromatic rings. The van der Waals surface area contributed by atoms with E-state index in [9.17, 15) is 19.5 Å². The second-order valence-electron chi connectivity index (χ2n) is 10.1. The minimum atomic E-state index is -1.46. The number of aliphatic hydroxyl groups is 1. The Morgan fingerprint density at radius 2 is 1.95 bits per heavy atom. The van der Waals surface area contributed by atoms with Crippen LogP contribution in [0.1, 0.15) is 68.3 Å². The second kappa shape index (κ2) is 10.0. The van der Waals surface area contributed by atoms with Crippen molar-refractivity contribution in [1.29, 1.82) is 0 Å². The Balaban J connectivity index is 1.25. The van der Waals surface area contributed by atoms with Gasteiger partial charge in [-0.2, -0.15) is 0 Å². The van der Waals surface area contributed by atoms with Gasteiger partial charge in [0.2, 0.25) is 0 Å². The Morgan fingerprint density at radius 3 is 2.75 bits per heavy atom. The van der Waals surface area contributed by atoms with Crippen LogP contribution < -0.4 is 16.0 Å². The third kappa shape index (κ3) is 4.50. The average Bonchev–Trinajstić information content (AvgIpc) is 3.73. The molecule has 0 fully saturated rings. The maximum atomic E-state index is 13.2. The van der Waals surface area contributed by atoms with E-state index in [-0.39, 0.29) is 23.6 Å². The lowest BCUT2D eigenvalue weighted by Crippen LogP contribution is -2.27. The number of rotatable bonds is 6. The number of benzene rings is 2. The SMILES string of the molecule is Cc1[nH]c(/C=C2\C(=O)Nc3ccc(C(=O)N[C@@H]4CCc5ccccc54)cc32)c(C)c1NC(=O)C(O)c1ccco1. The van der Waals surface area contributed by atoms with Gasteiger partial charge in [0, 0.05) is 28.2 Å². The van der Waals surface area contributed by atoms with Crippen molar-refractivity contribution >= 4 is 40.7 Å². The van der Waals surface area contributed by atoms with E-state index in [1.165, 1.54) is 17.9 Å². The number of aromatic amines is 1. The first-order valence-electron chi connectivity index (χ1n) is 13.1. The summed E-state index contributed by atoms with van der Waals surface area (Å²) in [5.74, 6) is -0.983. The first-order valence-corrected chi connectivity index (χ1v) is 13.1. The number of furan rings is 1. The molecule has 1 unspecified atom stereocenters. The van der Waals surface area contributed by atoms with Crippen molar-refractivity contribution in [3.63, 3.8) is 0 Å². The number of aliphatic hydroxyl groups excluding tert-OH is 1. The first kappa shape index (κ1) is 25.4. The number of carbonyl (C=O) groups excluding carboxylic acids is 3. The fourth-order valence-electron chi connectivity index (χ4n) is 5.44. The normalized spacial score (nSPS) is 17.3. The maximum absolute atomic E-state index is 13.2. The van der Waals surface area contributed by atoms with Crippen LogP contribution in [0.4, 0.5) is 11.4 Å². The second-order valence-corrected chi connectivity index (χ2v) is 10.1. The van der Waals surface area contributed by atoms with E-state index < -0.39 is 12.0 Å². The molecular formula is C31H28N4O5. The molecule has 3 heterocycles. The summed E-state index contributed by atoms with van der Waals surface area (Å²) >= 11 is 0. The van der Waals surface area contributed by atoms with Gasteiger partial charge >= 0.3 is 0 Å². The molecule has 0 saturated carbocycles. The Morgan fingerprint density at radius 1 is 1.12 bits per heavy atom. The molecule has 0 saturated heterocycles. The molecule has 0 bridgehead atoms. The van der Waals surface area contributed by atoms with Gasteiger partial charge in [-0.3, -0.25) is 14.4 Å². The van der Waals surface area contributed by atoms with E-state index in [2.05, 4.69) is 33.1 Å². The van der Waals surface area contributed by atoms with Crippen LogP contribution in [-0.4, -0.2) is 27.8 Å². The molecule has 0 spiro atoms. The molecule has 2 aromatic carbocycles. The molecule has 1 aliphatic heterocycles. The van der Waals surface area contributed by atoms with Gasteiger partial charge in [0.25, 0.3) is 17.7 Å². The highest BCUT2D eigenvalue weighted by Gasteiger charge is 2.29. The highest BCUT2D eigenvalue weighted by Crippen LogP contribution is 2.36. The molecule has 9 heteroatoms. The van der Waals surface area contributed by atoms with Crippen molar-refractivity contribution in [3.8, 4) is 0 Å². The third-order valence-electron chi connectivity index (χ3n) is 7.58. The van der Waals surface area contributed by atoms with Gasteiger partial charge in [0.05, 0.1) is 23.6 Å². The minimum absolute atomic E-state index is 0.0452. The number of hydrogen-bond donors (Lipinski definition) is 5. The summed E-state index contributed by atoms with van der Waals surface area (Å²) in [6.07, 6.45) is 3.41. The van der Waals surface area contributed by atoms with E-state index in [0.29, 0.717) is 45.0 Å². The topological polar surface area (TPSA) is 136 Å². The minimum Gasteiger partial charge on any atom is -0.466 e. The van der Waals surface area contributed by atoms with Crippen LogP contribution in [0.25, 0.3) is 11.6 Å². The standard InChI is InChI=1S/C31H28N4O5/c1-16-25(32-17(2)27(16)35-31(39)28(36)26-8-5-13-40-26)15-22-21-14-19(10-12-24(21)34-30(22)38)29(37)33-23-11-9-18-6-3-4-7-20(18)23/h3-8,10,12-15,23,28,32,36H,9,11H2,1-2H3,(H,33,37)(H,34,38)(H,35,39)/b22-15-/t23-,28?/m1/s1. The summed E-state index contributed by atoms with van der Waals surface area (Å²) in [5, 5.41) is 19.0. The van der Waals surface area contributed by atoms with Gasteiger partial charge in [-0.15, -0.1) is 0 Å². The smallest absolute Gasteiger partial charge is 0.261 e. The molecule has 202 valence electrons. The summed E-state index contributed by atoms with van der Waals surface area (Å²) in [5.41, 5.74) is 6.98. The van der Waals surface area contributed by atoms with Crippen molar-refractivity contribution in [2.75, 3.05) is 10.6 Å². The van der Waals surface area contributed by atoms with E-state index in [1.807, 2.05) is 19.1 Å². The monoisotopic (exact) mass is 536 g/mol. The van der Waals surface area contributed by atoms with Crippen LogP contribution in [0, 0.1) is 13.8 Å². The lowest BCUT2D eigenvalue weighted by molar-refractivity contribution is -0.125. The highest BCUT2D eigenvalue weighted by atomic mass is 16.4. The number of anilines is 2. The molecule has 3 amide bonds. The molecule has 6 rings (SSSR count). The summed E-state index contributed by atoms with van der Waals surface area (Å²) in [4.78, 5) is 42.0. The predicted molar refractivity (Wildman–Crippen MR) is 150 cm³/mol. The van der Waals surface area contributed by atoms with Crippen molar-refractivity contribution in [3.05, 3.63) is 106 Å². The van der Waals surface area contributed by atoms with Crippen LogP contribution in [0.2, 0.25) is 0 Å². The lowest BCUT2D eigenvalue weighted by atomic mass is 10.0. The maximum Gasteiger partial charge on any atom is 0.261 e. The molecule has 9 nitrogen and oxygen atoms in total. The highest BCUT2D eigenvalue weighted by molar-refractivity contribution is 6.35. The summed E-state index contributed by atoms with van der Waals surface area (Å²) in [7, 11) is 0. The number of carbonyl (C=O) groups is 3. The van der Waals surface area contributed by atoms with Crippen LogP contribution in [0.5, 0.6) is 0 Å². The lowest BCUT2D eigenvalue weighted by Gasteiger charge is -2.14. The van der Waals surface area contributed by atoms with E-state index in [4.69, 9.17) is 4.42 Å². The Hall–Kier alpha value is -4.89. The average molecular weight is 537 g/mol. The number of aromatic nitrogens is 1. The summed E-state index contributed by atoms with van der Waals surface area (Å²) in [6.45, 7) is 3.60. The zero-order valence-electron chi connectivity index (χ0n) is 22.0. The number of hydrogen-bond acceptors (Lipinski definition) is 5. The van der Waals surface area contributed by atoms with E-state index in [1.54, 1.807) is 37.3 Å². The van der Waals surface area contributed by atoms with Gasteiger partial charge in [-0.05, 0) is 79.8 Å². The van der Waals surface area contributed by atoms with E-state index >= 15 is 0 Å². The molecule has 2 atom stereocenters. The van der Waals surface area contributed by atoms with Crippen molar-refractivity contribution in [2.24, 2.45) is 0 Å². The molecule has 2 aromatic heterocycles. The molecule has 2 aliphatic rings. The van der Waals surface area contributed by atoms with Gasteiger partial charge < -0.3 is 30.5 Å². The fourth-order valence-corrected chi connectivity index (χ4v) is 5.44. The molecule has 1 aliphatic carbocycles. The fraction of sp³-hybridized carbons (Fsp3) is 0.194. The van der Waals surface area contributed by atoms with Crippen LogP contribution in [0.3, 0.4) is 0 Å². The first-order chi connectivity index (χ1) is 19.3. The number of nitrogens with one attached hydrogen (secondary N) is 4. The molecule has 0 radical (unpaired) electrons. The Kier molecular flexibility index (Phi) is 6.36. The van der Waals surface area contributed by atoms with Crippen LogP contribution >= 0.6 is 0 Å². The van der Waals surface area contributed by atoms with E-state index in [0.717, 1.165) is 18.4 Å². The largest absolute Gasteiger partial charge is 0.466 e. The van der Waals surface area contributed by atoms with Gasteiger partial charge in [0.15, 0.2) is 6.10 Å². The van der Waals surface area contributed by atoms with Gasteiger partial charge in [-0.1, -0.05) is 24.3 Å².